The van der Waals surface area contributed by atoms with Gasteiger partial charge in [0, 0.05) is 32.2 Å². The summed E-state index contributed by atoms with van der Waals surface area (Å²) in [5.41, 5.74) is 2.66. The number of aliphatic hydroxyl groups excluding tert-OH is 1. The fraction of sp³-hybridized carbons (Fsp3) is 0.632. The van der Waals surface area contributed by atoms with Crippen LogP contribution in [-0.2, 0) is 6.54 Å². The van der Waals surface area contributed by atoms with Crippen LogP contribution in [0.25, 0.3) is 0 Å². The first-order chi connectivity index (χ1) is 11.6. The average molecular weight is 333 g/mol. The Morgan fingerprint density at radius 2 is 2.12 bits per heavy atom. The largest absolute Gasteiger partial charge is 0.393 e. The number of amides is 2. The van der Waals surface area contributed by atoms with Gasteiger partial charge in [0.2, 0.25) is 0 Å². The third kappa shape index (κ3) is 6.49. The lowest BCUT2D eigenvalue weighted by Crippen LogP contribution is -2.48. The highest BCUT2D eigenvalue weighted by molar-refractivity contribution is 5.74. The average Bonchev–Trinajstić information content (AvgIpc) is 2.56. The van der Waals surface area contributed by atoms with E-state index in [1.54, 1.807) is 0 Å². The minimum atomic E-state index is -0.324. The van der Waals surface area contributed by atoms with Gasteiger partial charge in [0.05, 0.1) is 6.10 Å². The molecule has 5 nitrogen and oxygen atoms in total. The number of urea groups is 1. The third-order valence-electron chi connectivity index (χ3n) is 4.65. The van der Waals surface area contributed by atoms with Crippen molar-refractivity contribution < 1.29 is 9.90 Å². The summed E-state index contributed by atoms with van der Waals surface area (Å²) in [4.78, 5) is 14.3. The summed E-state index contributed by atoms with van der Waals surface area (Å²) in [6, 6.07) is 8.78. The van der Waals surface area contributed by atoms with Crippen molar-refractivity contribution in [3.05, 3.63) is 35.4 Å². The van der Waals surface area contributed by atoms with Gasteiger partial charge < -0.3 is 15.7 Å². The minimum absolute atomic E-state index is 0.115. The highest BCUT2D eigenvalue weighted by Crippen LogP contribution is 2.14. The molecule has 1 fully saturated rings. The number of piperidine rings is 1. The van der Waals surface area contributed by atoms with Gasteiger partial charge in [0.15, 0.2) is 0 Å². The standard InChI is InChI=1S/C19H31N3O2/c1-3-18(23)7-10-20-19(24)21-17-8-11-22(12-9-17)14-16-6-4-5-15(2)13-16/h4-6,13,17-18,23H,3,7-12,14H2,1-2H3,(H2,20,21,24). The molecule has 0 radical (unpaired) electrons. The number of hydrogen-bond donors (Lipinski definition) is 3. The van der Waals surface area contributed by atoms with Crippen molar-refractivity contribution in [3.8, 4) is 0 Å². The second-order valence-electron chi connectivity index (χ2n) is 6.79. The van der Waals surface area contributed by atoms with Gasteiger partial charge in [-0.05, 0) is 38.2 Å². The molecule has 0 aromatic heterocycles. The molecule has 3 N–H and O–H groups in total. The van der Waals surface area contributed by atoms with Crippen molar-refractivity contribution in [1.29, 1.82) is 0 Å². The molecular formula is C19H31N3O2. The van der Waals surface area contributed by atoms with Gasteiger partial charge in [-0.2, -0.15) is 0 Å². The van der Waals surface area contributed by atoms with Crippen molar-refractivity contribution >= 4 is 6.03 Å². The van der Waals surface area contributed by atoms with Crippen LogP contribution in [0.2, 0.25) is 0 Å². The smallest absolute Gasteiger partial charge is 0.315 e. The molecule has 1 aliphatic rings. The van der Waals surface area contributed by atoms with E-state index in [9.17, 15) is 9.90 Å². The number of hydrogen-bond acceptors (Lipinski definition) is 3. The summed E-state index contributed by atoms with van der Waals surface area (Å²) in [6.45, 7) is 7.58. The predicted octanol–water partition coefficient (Wildman–Crippen LogP) is 2.42. The van der Waals surface area contributed by atoms with Crippen LogP contribution in [0.5, 0.6) is 0 Å². The zero-order valence-corrected chi connectivity index (χ0v) is 14.9. The Labute approximate surface area is 145 Å². The highest BCUT2D eigenvalue weighted by Gasteiger charge is 2.20. The molecule has 5 heteroatoms. The molecule has 1 aliphatic heterocycles. The molecule has 2 rings (SSSR count). The topological polar surface area (TPSA) is 64.6 Å². The van der Waals surface area contributed by atoms with E-state index >= 15 is 0 Å². The van der Waals surface area contributed by atoms with Gasteiger partial charge in [-0.15, -0.1) is 0 Å². The molecule has 1 aromatic carbocycles. The monoisotopic (exact) mass is 333 g/mol. The maximum atomic E-state index is 11.9. The zero-order valence-electron chi connectivity index (χ0n) is 14.9. The van der Waals surface area contributed by atoms with Crippen LogP contribution in [0, 0.1) is 6.92 Å². The van der Waals surface area contributed by atoms with Crippen molar-refractivity contribution in [1.82, 2.24) is 15.5 Å². The molecule has 0 aliphatic carbocycles. The van der Waals surface area contributed by atoms with E-state index < -0.39 is 0 Å². The van der Waals surface area contributed by atoms with E-state index in [0.29, 0.717) is 13.0 Å². The van der Waals surface area contributed by atoms with Crippen LogP contribution in [0.3, 0.4) is 0 Å². The number of rotatable bonds is 7. The Kier molecular flexibility index (Phi) is 7.53. The third-order valence-corrected chi connectivity index (χ3v) is 4.65. The van der Waals surface area contributed by atoms with Crippen LogP contribution in [0.4, 0.5) is 4.79 Å². The summed E-state index contributed by atoms with van der Waals surface area (Å²) in [5, 5.41) is 15.4. The molecule has 1 heterocycles. The van der Waals surface area contributed by atoms with Crippen LogP contribution in [0.15, 0.2) is 24.3 Å². The van der Waals surface area contributed by atoms with Crippen molar-refractivity contribution in [3.63, 3.8) is 0 Å². The molecule has 0 spiro atoms. The van der Waals surface area contributed by atoms with E-state index in [0.717, 1.165) is 38.9 Å². The molecule has 2 amide bonds. The summed E-state index contributed by atoms with van der Waals surface area (Å²) in [6.07, 6.45) is 2.98. The number of carbonyl (C=O) groups is 1. The van der Waals surface area contributed by atoms with E-state index in [1.165, 1.54) is 11.1 Å². The van der Waals surface area contributed by atoms with Gasteiger partial charge in [-0.25, -0.2) is 4.79 Å². The molecule has 0 saturated carbocycles. The van der Waals surface area contributed by atoms with Gasteiger partial charge in [-0.3, -0.25) is 4.90 Å². The number of nitrogens with zero attached hydrogens (tertiary/aromatic N) is 1. The van der Waals surface area contributed by atoms with Crippen molar-refractivity contribution in [2.75, 3.05) is 19.6 Å². The zero-order chi connectivity index (χ0) is 17.4. The lowest BCUT2D eigenvalue weighted by Gasteiger charge is -2.32. The van der Waals surface area contributed by atoms with E-state index in [2.05, 4.69) is 46.7 Å². The molecule has 1 aromatic rings. The van der Waals surface area contributed by atoms with Gasteiger partial charge >= 0.3 is 6.03 Å². The SMILES string of the molecule is CCC(O)CCNC(=O)NC1CCN(Cc2cccc(C)c2)CC1. The molecule has 1 saturated heterocycles. The van der Waals surface area contributed by atoms with E-state index in [1.807, 2.05) is 6.92 Å². The van der Waals surface area contributed by atoms with Gasteiger partial charge in [0.25, 0.3) is 0 Å². The van der Waals surface area contributed by atoms with Crippen molar-refractivity contribution in [2.45, 2.75) is 58.2 Å². The first kappa shape index (κ1) is 18.7. The summed E-state index contributed by atoms with van der Waals surface area (Å²) < 4.78 is 0. The first-order valence-corrected chi connectivity index (χ1v) is 9.07. The lowest BCUT2D eigenvalue weighted by molar-refractivity contribution is 0.159. The van der Waals surface area contributed by atoms with Crippen LogP contribution in [0.1, 0.15) is 43.7 Å². The second kappa shape index (κ2) is 9.64. The Morgan fingerprint density at radius 1 is 1.38 bits per heavy atom. The number of aliphatic hydroxyl groups is 1. The number of likely N-dealkylation sites (tertiary alicyclic amines) is 1. The highest BCUT2D eigenvalue weighted by atomic mass is 16.3. The van der Waals surface area contributed by atoms with Crippen LogP contribution < -0.4 is 10.6 Å². The summed E-state index contributed by atoms with van der Waals surface area (Å²) in [7, 11) is 0. The van der Waals surface area contributed by atoms with E-state index in [-0.39, 0.29) is 18.2 Å². The predicted molar refractivity (Wildman–Crippen MR) is 96.9 cm³/mol. The maximum absolute atomic E-state index is 11.9. The van der Waals surface area contributed by atoms with E-state index in [4.69, 9.17) is 0 Å². The Hall–Kier alpha value is -1.59. The minimum Gasteiger partial charge on any atom is -0.393 e. The molecular weight excluding hydrogens is 302 g/mol. The fourth-order valence-electron chi connectivity index (χ4n) is 3.10. The molecule has 24 heavy (non-hydrogen) atoms. The van der Waals surface area contributed by atoms with Crippen LogP contribution in [-0.4, -0.2) is 47.8 Å². The molecule has 1 atom stereocenters. The summed E-state index contributed by atoms with van der Waals surface area (Å²) in [5.74, 6) is 0. The number of benzene rings is 1. The number of carbonyl (C=O) groups excluding carboxylic acids is 1. The van der Waals surface area contributed by atoms with Crippen LogP contribution >= 0.6 is 0 Å². The second-order valence-corrected chi connectivity index (χ2v) is 6.79. The molecule has 1 unspecified atom stereocenters. The van der Waals surface area contributed by atoms with Gasteiger partial charge in [0.1, 0.15) is 0 Å². The lowest BCUT2D eigenvalue weighted by atomic mass is 10.0. The van der Waals surface area contributed by atoms with Crippen molar-refractivity contribution in [2.24, 2.45) is 0 Å². The van der Waals surface area contributed by atoms with Gasteiger partial charge in [-0.1, -0.05) is 36.8 Å². The Bertz CT molecular complexity index is 513. The maximum Gasteiger partial charge on any atom is 0.315 e. The Balaban J connectivity index is 1.64. The molecule has 134 valence electrons. The summed E-state index contributed by atoms with van der Waals surface area (Å²) >= 11 is 0. The number of aryl methyl sites for hydroxylation is 1. The first-order valence-electron chi connectivity index (χ1n) is 9.07. The number of nitrogens with one attached hydrogen (secondary N) is 2. The Morgan fingerprint density at radius 3 is 2.79 bits per heavy atom. The molecule has 0 bridgehead atoms. The fourth-order valence-corrected chi connectivity index (χ4v) is 3.10. The quantitative estimate of drug-likeness (QED) is 0.718. The normalized spacial score (nSPS) is 17.5.